The first-order chi connectivity index (χ1) is 9.23. The number of carbonyl (C=O) groups is 1. The minimum Gasteiger partial charge on any atom is -0.475 e. The van der Waals surface area contributed by atoms with Crippen molar-refractivity contribution in [3.8, 4) is 0 Å². The highest BCUT2D eigenvalue weighted by Gasteiger charge is 2.38. The van der Waals surface area contributed by atoms with Gasteiger partial charge in [-0.2, -0.15) is 13.2 Å². The van der Waals surface area contributed by atoms with Gasteiger partial charge in [0.15, 0.2) is 0 Å². The number of halogens is 3. The standard InChI is InChI=1S/C11H18N2.C2HF3O2/c1-13(2)9-8-12-10-11-6-4-3-5-7-11;3-2(4,5)1(6)7/h3-7,12H,8-10H2,1-2H3;(H,6,7). The van der Waals surface area contributed by atoms with Crippen LogP contribution in [0.2, 0.25) is 0 Å². The van der Waals surface area contributed by atoms with Crippen molar-refractivity contribution in [2.24, 2.45) is 0 Å². The van der Waals surface area contributed by atoms with Crippen LogP contribution in [0.5, 0.6) is 0 Å². The first-order valence-electron chi connectivity index (χ1n) is 5.93. The molecule has 0 unspecified atom stereocenters. The van der Waals surface area contributed by atoms with Crippen LogP contribution in [0.3, 0.4) is 0 Å². The zero-order valence-corrected chi connectivity index (χ0v) is 11.4. The van der Waals surface area contributed by atoms with E-state index in [9.17, 15) is 13.2 Å². The molecule has 0 radical (unpaired) electrons. The van der Waals surface area contributed by atoms with Crippen molar-refractivity contribution < 1.29 is 23.1 Å². The average Bonchev–Trinajstić information content (AvgIpc) is 2.35. The molecule has 0 heterocycles. The number of likely N-dealkylation sites (N-methyl/N-ethyl adjacent to an activating group) is 1. The minimum atomic E-state index is -5.08. The van der Waals surface area contributed by atoms with Gasteiger partial charge in [-0.3, -0.25) is 0 Å². The quantitative estimate of drug-likeness (QED) is 0.815. The van der Waals surface area contributed by atoms with Gasteiger partial charge in [-0.05, 0) is 19.7 Å². The van der Waals surface area contributed by atoms with E-state index in [4.69, 9.17) is 9.90 Å². The molecule has 1 rings (SSSR count). The van der Waals surface area contributed by atoms with Gasteiger partial charge >= 0.3 is 12.1 Å². The van der Waals surface area contributed by atoms with Crippen LogP contribution in [0.25, 0.3) is 0 Å². The lowest BCUT2D eigenvalue weighted by Gasteiger charge is -2.10. The molecule has 7 heteroatoms. The van der Waals surface area contributed by atoms with Crippen LogP contribution >= 0.6 is 0 Å². The molecule has 0 saturated heterocycles. The Morgan fingerprint density at radius 3 is 2.15 bits per heavy atom. The molecule has 0 atom stereocenters. The van der Waals surface area contributed by atoms with Gasteiger partial charge < -0.3 is 15.3 Å². The molecule has 1 aromatic carbocycles. The summed E-state index contributed by atoms with van der Waals surface area (Å²) in [6.45, 7) is 3.10. The number of carboxylic acids is 1. The van der Waals surface area contributed by atoms with Crippen molar-refractivity contribution in [2.75, 3.05) is 27.2 Å². The lowest BCUT2D eigenvalue weighted by atomic mass is 10.2. The lowest BCUT2D eigenvalue weighted by Crippen LogP contribution is -2.26. The number of hydrogen-bond donors (Lipinski definition) is 2. The number of carboxylic acid groups (broad SMARTS) is 1. The molecule has 1 aromatic rings. The van der Waals surface area contributed by atoms with Crippen LogP contribution in [0.4, 0.5) is 13.2 Å². The molecule has 0 aromatic heterocycles. The summed E-state index contributed by atoms with van der Waals surface area (Å²) in [6.07, 6.45) is -5.08. The predicted octanol–water partition coefficient (Wildman–Crippen LogP) is 1.97. The van der Waals surface area contributed by atoms with Crippen LogP contribution in [-0.4, -0.2) is 49.3 Å². The second-order valence-corrected chi connectivity index (χ2v) is 4.27. The number of alkyl halides is 3. The topological polar surface area (TPSA) is 52.6 Å². The molecule has 0 fully saturated rings. The first-order valence-corrected chi connectivity index (χ1v) is 5.93. The summed E-state index contributed by atoms with van der Waals surface area (Å²) in [5, 5.41) is 10.5. The molecule has 0 aliphatic heterocycles. The van der Waals surface area contributed by atoms with Gasteiger partial charge in [0.2, 0.25) is 0 Å². The Morgan fingerprint density at radius 1 is 1.25 bits per heavy atom. The second-order valence-electron chi connectivity index (χ2n) is 4.27. The van der Waals surface area contributed by atoms with E-state index in [1.807, 2.05) is 6.07 Å². The van der Waals surface area contributed by atoms with Gasteiger partial charge in [0.1, 0.15) is 0 Å². The smallest absolute Gasteiger partial charge is 0.475 e. The zero-order valence-electron chi connectivity index (χ0n) is 11.4. The summed E-state index contributed by atoms with van der Waals surface area (Å²) in [5.41, 5.74) is 1.35. The zero-order chi connectivity index (χ0) is 15.6. The van der Waals surface area contributed by atoms with E-state index < -0.39 is 12.1 Å². The van der Waals surface area contributed by atoms with E-state index in [-0.39, 0.29) is 0 Å². The first kappa shape index (κ1) is 18.4. The number of nitrogens with one attached hydrogen (secondary N) is 1. The van der Waals surface area contributed by atoms with Gasteiger partial charge in [-0.15, -0.1) is 0 Å². The Kier molecular flexibility index (Phi) is 8.58. The third-order valence-corrected chi connectivity index (χ3v) is 2.15. The summed E-state index contributed by atoms with van der Waals surface area (Å²) < 4.78 is 31.7. The number of rotatable bonds is 5. The molecule has 0 spiro atoms. The van der Waals surface area contributed by atoms with Crippen LogP contribution in [0, 0.1) is 0 Å². The molecule has 4 nitrogen and oxygen atoms in total. The Labute approximate surface area is 116 Å². The van der Waals surface area contributed by atoms with Gasteiger partial charge in [-0.1, -0.05) is 30.3 Å². The average molecular weight is 292 g/mol. The maximum absolute atomic E-state index is 10.6. The van der Waals surface area contributed by atoms with Gasteiger partial charge in [0.05, 0.1) is 0 Å². The van der Waals surface area contributed by atoms with E-state index in [0.29, 0.717) is 0 Å². The lowest BCUT2D eigenvalue weighted by molar-refractivity contribution is -0.192. The predicted molar refractivity (Wildman–Crippen MR) is 70.4 cm³/mol. The van der Waals surface area contributed by atoms with Crippen molar-refractivity contribution in [3.05, 3.63) is 35.9 Å². The molecule has 0 bridgehead atoms. The van der Waals surface area contributed by atoms with Crippen molar-refractivity contribution in [3.63, 3.8) is 0 Å². The van der Waals surface area contributed by atoms with E-state index in [1.165, 1.54) is 5.56 Å². The van der Waals surface area contributed by atoms with E-state index in [2.05, 4.69) is 48.6 Å². The van der Waals surface area contributed by atoms with Crippen molar-refractivity contribution in [1.29, 1.82) is 0 Å². The number of aliphatic carboxylic acids is 1. The highest BCUT2D eigenvalue weighted by atomic mass is 19.4. The molecule has 0 amide bonds. The molecule has 2 N–H and O–H groups in total. The molecule has 0 saturated carbocycles. The SMILES string of the molecule is CN(C)CCNCc1ccccc1.O=C(O)C(F)(F)F. The molecular formula is C13H19F3N2O2. The monoisotopic (exact) mass is 292 g/mol. The maximum Gasteiger partial charge on any atom is 0.490 e. The molecule has 0 aliphatic rings. The number of hydrogen-bond acceptors (Lipinski definition) is 3. The van der Waals surface area contributed by atoms with Crippen LogP contribution in [0.15, 0.2) is 30.3 Å². The molecular weight excluding hydrogens is 273 g/mol. The van der Waals surface area contributed by atoms with Crippen LogP contribution in [-0.2, 0) is 11.3 Å². The highest BCUT2D eigenvalue weighted by molar-refractivity contribution is 5.73. The summed E-state index contributed by atoms with van der Waals surface area (Å²) in [7, 11) is 4.17. The Hall–Kier alpha value is -1.60. The summed E-state index contributed by atoms with van der Waals surface area (Å²) in [6, 6.07) is 10.5. The van der Waals surface area contributed by atoms with Gasteiger partial charge in [0, 0.05) is 19.6 Å². The normalized spacial score (nSPS) is 10.9. The minimum absolute atomic E-state index is 0.967. The van der Waals surface area contributed by atoms with Crippen molar-refractivity contribution in [1.82, 2.24) is 10.2 Å². The molecule has 20 heavy (non-hydrogen) atoms. The van der Waals surface area contributed by atoms with Crippen molar-refractivity contribution >= 4 is 5.97 Å². The Balaban J connectivity index is 0.000000441. The summed E-state index contributed by atoms with van der Waals surface area (Å²) in [5.74, 6) is -2.76. The summed E-state index contributed by atoms with van der Waals surface area (Å²) >= 11 is 0. The summed E-state index contributed by atoms with van der Waals surface area (Å²) in [4.78, 5) is 11.1. The van der Waals surface area contributed by atoms with Gasteiger partial charge in [0.25, 0.3) is 0 Å². The van der Waals surface area contributed by atoms with Gasteiger partial charge in [-0.25, -0.2) is 4.79 Å². The fourth-order valence-corrected chi connectivity index (χ4v) is 1.13. The van der Waals surface area contributed by atoms with Crippen LogP contribution < -0.4 is 5.32 Å². The number of benzene rings is 1. The Morgan fingerprint density at radius 2 is 1.75 bits per heavy atom. The third-order valence-electron chi connectivity index (χ3n) is 2.15. The van der Waals surface area contributed by atoms with E-state index >= 15 is 0 Å². The van der Waals surface area contributed by atoms with E-state index in [1.54, 1.807) is 0 Å². The highest BCUT2D eigenvalue weighted by Crippen LogP contribution is 2.13. The largest absolute Gasteiger partial charge is 0.490 e. The maximum atomic E-state index is 10.6. The Bertz CT molecular complexity index is 381. The molecule has 114 valence electrons. The molecule has 0 aliphatic carbocycles. The van der Waals surface area contributed by atoms with Crippen LogP contribution in [0.1, 0.15) is 5.56 Å². The fourth-order valence-electron chi connectivity index (χ4n) is 1.13. The third kappa shape index (κ3) is 10.3. The number of nitrogens with zero attached hydrogens (tertiary/aromatic N) is 1. The van der Waals surface area contributed by atoms with Crippen molar-refractivity contribution in [2.45, 2.75) is 12.7 Å². The van der Waals surface area contributed by atoms with E-state index in [0.717, 1.165) is 19.6 Å². The second kappa shape index (κ2) is 9.33. The fraction of sp³-hybridized carbons (Fsp3) is 0.462.